The van der Waals surface area contributed by atoms with E-state index in [2.05, 4.69) is 44.2 Å². The van der Waals surface area contributed by atoms with Gasteiger partial charge in [0.25, 0.3) is 10.0 Å². The van der Waals surface area contributed by atoms with E-state index in [0.717, 1.165) is 61.8 Å². The molecule has 0 saturated heterocycles. The summed E-state index contributed by atoms with van der Waals surface area (Å²) in [5, 5.41) is 8.46. The second-order valence-electron chi connectivity index (χ2n) is 10.9. The van der Waals surface area contributed by atoms with Crippen LogP contribution in [0.15, 0.2) is 96.0 Å². The van der Waals surface area contributed by atoms with Gasteiger partial charge < -0.3 is 14.2 Å². The van der Waals surface area contributed by atoms with Crippen LogP contribution in [-0.4, -0.2) is 55.6 Å². The number of hydrogen-bond donors (Lipinski definition) is 1. The van der Waals surface area contributed by atoms with Crippen molar-refractivity contribution in [3.05, 3.63) is 119 Å². The topological polar surface area (TPSA) is 108 Å². The van der Waals surface area contributed by atoms with Gasteiger partial charge in [0.15, 0.2) is 11.5 Å². The fourth-order valence-electron chi connectivity index (χ4n) is 5.37. The van der Waals surface area contributed by atoms with Gasteiger partial charge in [0.2, 0.25) is 0 Å². The molecule has 238 valence electrons. The first-order valence-corrected chi connectivity index (χ1v) is 16.3. The molecular formula is C34H34FN5O5S. The number of benzene rings is 4. The van der Waals surface area contributed by atoms with Gasteiger partial charge >= 0.3 is 0 Å². The number of nitrogens with zero attached hydrogens (tertiary/aromatic N) is 4. The summed E-state index contributed by atoms with van der Waals surface area (Å²) in [6.07, 6.45) is 3.67. The summed E-state index contributed by atoms with van der Waals surface area (Å²) in [5.74, 6) is 1.34. The number of aromatic nitrogens is 3. The maximum absolute atomic E-state index is 13.3. The molecule has 4 aromatic carbocycles. The van der Waals surface area contributed by atoms with E-state index in [1.54, 1.807) is 49.4 Å². The van der Waals surface area contributed by atoms with E-state index in [1.807, 2.05) is 12.1 Å². The smallest absolute Gasteiger partial charge is 0.262 e. The largest absolute Gasteiger partial charge is 0.493 e. The zero-order chi connectivity index (χ0) is 32.1. The SMILES string of the molecule is COc1cc2c(cc1OC)CN(CCc1ccc(-n3cc(COc4ccccc4NS(=O)(=O)c4ccc(F)cc4)nn3)cc1)CC2. The Hall–Kier alpha value is -4.94. The quantitative estimate of drug-likeness (QED) is 0.193. The average Bonchev–Trinajstić information content (AvgIpc) is 3.55. The third kappa shape index (κ3) is 7.13. The minimum Gasteiger partial charge on any atom is -0.493 e. The van der Waals surface area contributed by atoms with Crippen molar-refractivity contribution in [3.63, 3.8) is 0 Å². The summed E-state index contributed by atoms with van der Waals surface area (Å²) in [7, 11) is -0.610. The fraction of sp³-hybridized carbons (Fsp3) is 0.235. The average molecular weight is 644 g/mol. The van der Waals surface area contributed by atoms with Crippen LogP contribution >= 0.6 is 0 Å². The molecule has 0 unspecified atom stereocenters. The normalized spacial score (nSPS) is 13.2. The van der Waals surface area contributed by atoms with Crippen LogP contribution < -0.4 is 18.9 Å². The lowest BCUT2D eigenvalue weighted by Gasteiger charge is -2.29. The summed E-state index contributed by atoms with van der Waals surface area (Å²) >= 11 is 0. The van der Waals surface area contributed by atoms with Crippen molar-refractivity contribution in [1.29, 1.82) is 0 Å². The number of hydrogen-bond acceptors (Lipinski definition) is 8. The van der Waals surface area contributed by atoms with Crippen LogP contribution in [0.2, 0.25) is 0 Å². The third-order valence-corrected chi connectivity index (χ3v) is 9.27. The number of para-hydroxylation sites is 2. The first kappa shape index (κ1) is 31.1. The Morgan fingerprint density at radius 2 is 1.61 bits per heavy atom. The van der Waals surface area contributed by atoms with Gasteiger partial charge in [0, 0.05) is 19.6 Å². The molecule has 1 aliphatic rings. The highest BCUT2D eigenvalue weighted by Crippen LogP contribution is 2.33. The summed E-state index contributed by atoms with van der Waals surface area (Å²) < 4.78 is 59.9. The number of rotatable bonds is 12. The minimum atomic E-state index is -3.94. The Balaban J connectivity index is 1.03. The minimum absolute atomic E-state index is 0.0580. The summed E-state index contributed by atoms with van der Waals surface area (Å²) in [4.78, 5) is 2.40. The Morgan fingerprint density at radius 3 is 2.35 bits per heavy atom. The van der Waals surface area contributed by atoms with Crippen molar-refractivity contribution < 1.29 is 27.0 Å². The lowest BCUT2D eigenvalue weighted by molar-refractivity contribution is 0.255. The Kier molecular flexibility index (Phi) is 9.18. The molecule has 0 aliphatic carbocycles. The second kappa shape index (κ2) is 13.6. The Labute approximate surface area is 267 Å². The second-order valence-corrected chi connectivity index (χ2v) is 12.6. The number of nitrogens with one attached hydrogen (secondary N) is 1. The van der Waals surface area contributed by atoms with Gasteiger partial charge in [-0.1, -0.05) is 29.5 Å². The molecule has 1 aliphatic heterocycles. The van der Waals surface area contributed by atoms with E-state index in [4.69, 9.17) is 14.2 Å². The molecule has 5 aromatic rings. The van der Waals surface area contributed by atoms with E-state index in [1.165, 1.54) is 28.8 Å². The predicted molar refractivity (Wildman–Crippen MR) is 172 cm³/mol. The lowest BCUT2D eigenvalue weighted by atomic mass is 9.98. The molecule has 0 spiro atoms. The van der Waals surface area contributed by atoms with Gasteiger partial charge in [0.1, 0.15) is 23.9 Å². The van der Waals surface area contributed by atoms with Gasteiger partial charge in [-0.25, -0.2) is 17.5 Å². The number of sulfonamides is 1. The van der Waals surface area contributed by atoms with Crippen LogP contribution in [0.25, 0.3) is 5.69 Å². The van der Waals surface area contributed by atoms with E-state index in [9.17, 15) is 12.8 Å². The van der Waals surface area contributed by atoms with Crippen LogP contribution in [0.5, 0.6) is 17.2 Å². The highest BCUT2D eigenvalue weighted by Gasteiger charge is 2.20. The number of methoxy groups -OCH3 is 2. The monoisotopic (exact) mass is 643 g/mol. The van der Waals surface area contributed by atoms with Crippen LogP contribution in [0.3, 0.4) is 0 Å². The van der Waals surface area contributed by atoms with Crippen molar-refractivity contribution in [2.45, 2.75) is 30.9 Å². The van der Waals surface area contributed by atoms with E-state index in [0.29, 0.717) is 11.4 Å². The molecule has 46 heavy (non-hydrogen) atoms. The fourth-order valence-corrected chi connectivity index (χ4v) is 6.44. The van der Waals surface area contributed by atoms with Gasteiger partial charge in [0.05, 0.1) is 36.7 Å². The van der Waals surface area contributed by atoms with Crippen molar-refractivity contribution in [3.8, 4) is 22.9 Å². The third-order valence-electron chi connectivity index (χ3n) is 7.89. The first-order chi connectivity index (χ1) is 22.3. The number of fused-ring (bicyclic) bond motifs is 1. The van der Waals surface area contributed by atoms with Crippen LogP contribution in [-0.2, 0) is 36.0 Å². The Morgan fingerprint density at radius 1 is 0.891 bits per heavy atom. The molecule has 6 rings (SSSR count). The molecule has 0 fully saturated rings. The maximum atomic E-state index is 13.3. The summed E-state index contributed by atoms with van der Waals surface area (Å²) in [6.45, 7) is 2.89. The molecule has 2 heterocycles. The molecule has 0 saturated carbocycles. The molecule has 0 bridgehead atoms. The highest BCUT2D eigenvalue weighted by atomic mass is 32.2. The molecule has 1 aromatic heterocycles. The van der Waals surface area contributed by atoms with Gasteiger partial charge in [-0.15, -0.1) is 5.10 Å². The molecule has 12 heteroatoms. The number of halogens is 1. The zero-order valence-corrected chi connectivity index (χ0v) is 26.3. The highest BCUT2D eigenvalue weighted by molar-refractivity contribution is 7.92. The summed E-state index contributed by atoms with van der Waals surface area (Å²) in [6, 6.07) is 23.7. The van der Waals surface area contributed by atoms with Crippen molar-refractivity contribution in [2.75, 3.05) is 32.0 Å². The van der Waals surface area contributed by atoms with Crippen molar-refractivity contribution in [1.82, 2.24) is 19.9 Å². The number of ether oxygens (including phenoxy) is 3. The number of anilines is 1. The molecule has 0 radical (unpaired) electrons. The van der Waals surface area contributed by atoms with Gasteiger partial charge in [-0.05, 0) is 90.2 Å². The van der Waals surface area contributed by atoms with Crippen LogP contribution in [0, 0.1) is 5.82 Å². The molecule has 0 atom stereocenters. The van der Waals surface area contributed by atoms with Crippen LogP contribution in [0.4, 0.5) is 10.1 Å². The molecule has 1 N–H and O–H groups in total. The first-order valence-electron chi connectivity index (χ1n) is 14.8. The molecular weight excluding hydrogens is 609 g/mol. The lowest BCUT2D eigenvalue weighted by Crippen LogP contribution is -2.32. The Bertz CT molecular complexity index is 1910. The van der Waals surface area contributed by atoms with E-state index >= 15 is 0 Å². The molecule has 0 amide bonds. The standard InChI is InChI=1S/C34H34FN5O5S/c1-43-33-19-25-16-18-39(21-26(25)20-34(33)44-2)17-15-24-7-11-29(12-8-24)40-22-28(36-38-40)23-45-32-6-4-3-5-31(32)37-46(41,42)30-13-9-27(35)10-14-30/h3-14,19-20,22,37H,15-18,21,23H2,1-2H3. The summed E-state index contributed by atoms with van der Waals surface area (Å²) in [5.41, 5.74) is 5.50. The van der Waals surface area contributed by atoms with E-state index < -0.39 is 15.8 Å². The van der Waals surface area contributed by atoms with Crippen LogP contribution in [0.1, 0.15) is 22.4 Å². The predicted octanol–water partition coefficient (Wildman–Crippen LogP) is 5.40. The molecule has 10 nitrogen and oxygen atoms in total. The van der Waals surface area contributed by atoms with Gasteiger partial charge in [-0.2, -0.15) is 0 Å². The van der Waals surface area contributed by atoms with Gasteiger partial charge in [-0.3, -0.25) is 9.62 Å². The van der Waals surface area contributed by atoms with E-state index in [-0.39, 0.29) is 17.2 Å². The van der Waals surface area contributed by atoms with Crippen molar-refractivity contribution in [2.24, 2.45) is 0 Å². The maximum Gasteiger partial charge on any atom is 0.262 e. The zero-order valence-electron chi connectivity index (χ0n) is 25.5. The van der Waals surface area contributed by atoms with Crippen molar-refractivity contribution >= 4 is 15.7 Å².